The van der Waals surface area contributed by atoms with Crippen LogP contribution in [-0.4, -0.2) is 15.4 Å². The zero-order chi connectivity index (χ0) is 12.0. The van der Waals surface area contributed by atoms with Crippen molar-refractivity contribution in [2.45, 2.75) is 18.4 Å². The van der Waals surface area contributed by atoms with Gasteiger partial charge in [-0.05, 0) is 0 Å². The van der Waals surface area contributed by atoms with E-state index in [0.717, 1.165) is 18.5 Å². The van der Waals surface area contributed by atoms with E-state index in [1.807, 2.05) is 41.5 Å². The zero-order valence-electron chi connectivity index (χ0n) is 9.36. The summed E-state index contributed by atoms with van der Waals surface area (Å²) >= 11 is 4.41. The summed E-state index contributed by atoms with van der Waals surface area (Å²) in [5.41, 5.74) is 0.734. The van der Waals surface area contributed by atoms with E-state index < -0.39 is 0 Å². The fraction of sp³-hybridized carbons (Fsp3) is 0.214. The van der Waals surface area contributed by atoms with Crippen LogP contribution in [0.15, 0.2) is 62.0 Å². The average molecular weight is 258 g/mol. The number of allylic oxidation sites excluding steroid dienone is 3. The van der Waals surface area contributed by atoms with Crippen LogP contribution in [-0.2, 0) is 15.3 Å². The average Bonchev–Trinajstić information content (AvgIpc) is 2.29. The molecule has 0 unspecified atom stereocenters. The topological polar surface area (TPSA) is 3.24 Å². The standard InChI is InChI=1S/C14H17N.Co/c1-5-10-14(4,11-6-2)15-12-8-7-9-13(15)3;/h4-9,12H,1-3,10-11H2;. The Bertz CT molecular complexity index is 353. The van der Waals surface area contributed by atoms with Crippen LogP contribution < -0.4 is 0 Å². The molecule has 0 bridgehead atoms. The van der Waals surface area contributed by atoms with Crippen LogP contribution in [0.2, 0.25) is 0 Å². The van der Waals surface area contributed by atoms with E-state index >= 15 is 0 Å². The summed E-state index contributed by atoms with van der Waals surface area (Å²) in [7, 11) is 0. The Labute approximate surface area is 106 Å². The summed E-state index contributed by atoms with van der Waals surface area (Å²) in [6, 6.07) is 0. The normalized spacial score (nSPS) is 15.1. The molecule has 0 aliphatic carbocycles. The minimum atomic E-state index is -0.220. The van der Waals surface area contributed by atoms with Crippen molar-refractivity contribution in [2.24, 2.45) is 0 Å². The Kier molecular flexibility index (Phi) is 4.71. The Morgan fingerprint density at radius 1 is 1.25 bits per heavy atom. The van der Waals surface area contributed by atoms with Crippen molar-refractivity contribution in [2.75, 3.05) is 0 Å². The molecule has 0 atom stereocenters. The molecule has 16 heavy (non-hydrogen) atoms. The van der Waals surface area contributed by atoms with E-state index in [0.29, 0.717) is 0 Å². The van der Waals surface area contributed by atoms with E-state index in [9.17, 15) is 0 Å². The first-order valence-electron chi connectivity index (χ1n) is 5.17. The number of rotatable bonds is 6. The van der Waals surface area contributed by atoms with Gasteiger partial charge in [0, 0.05) is 0 Å². The second-order valence-corrected chi connectivity index (χ2v) is 4.05. The molecular formula is C14H17CoN. The van der Waals surface area contributed by atoms with Crippen molar-refractivity contribution in [1.82, 2.24) is 4.90 Å². The SMILES string of the molecule is C=CCC([CH]=[Co])(CC=C)N1C=CC=CC1=C. The van der Waals surface area contributed by atoms with Crippen LogP contribution in [0.4, 0.5) is 0 Å². The molecule has 0 aromatic rings. The first-order valence-corrected chi connectivity index (χ1v) is 5.77. The van der Waals surface area contributed by atoms with Crippen LogP contribution in [0.3, 0.4) is 0 Å². The summed E-state index contributed by atoms with van der Waals surface area (Å²) in [6.07, 6.45) is 13.4. The van der Waals surface area contributed by atoms with Gasteiger partial charge in [0.25, 0.3) is 0 Å². The Morgan fingerprint density at radius 2 is 1.88 bits per heavy atom. The van der Waals surface area contributed by atoms with Gasteiger partial charge in [0.2, 0.25) is 0 Å². The summed E-state index contributed by atoms with van der Waals surface area (Å²) in [4.78, 5) is 4.00. The van der Waals surface area contributed by atoms with Crippen molar-refractivity contribution in [1.29, 1.82) is 0 Å². The quantitative estimate of drug-likeness (QED) is 0.662. The van der Waals surface area contributed by atoms with Crippen molar-refractivity contribution in [3.63, 3.8) is 0 Å². The first-order chi connectivity index (χ1) is 7.70. The Balaban J connectivity index is 3.07. The zero-order valence-corrected chi connectivity index (χ0v) is 10.4. The predicted molar refractivity (Wildman–Crippen MR) is 67.7 cm³/mol. The van der Waals surface area contributed by atoms with Crippen LogP contribution in [0.1, 0.15) is 12.8 Å². The fourth-order valence-corrected chi connectivity index (χ4v) is 2.21. The van der Waals surface area contributed by atoms with Gasteiger partial charge >= 0.3 is 106 Å². The predicted octanol–water partition coefficient (Wildman–Crippen LogP) is 3.13. The summed E-state index contributed by atoms with van der Waals surface area (Å²) in [5, 5.41) is 0. The van der Waals surface area contributed by atoms with Gasteiger partial charge in [-0.3, -0.25) is 0 Å². The third-order valence-corrected chi connectivity index (χ3v) is 3.16. The van der Waals surface area contributed by atoms with Gasteiger partial charge in [-0.15, -0.1) is 0 Å². The molecule has 0 radical (unpaired) electrons. The van der Waals surface area contributed by atoms with E-state index in [1.54, 1.807) is 0 Å². The molecule has 0 aromatic heterocycles. The van der Waals surface area contributed by atoms with Crippen molar-refractivity contribution in [3.05, 3.63) is 62.0 Å². The number of hydrogen-bond acceptors (Lipinski definition) is 1. The molecule has 0 saturated heterocycles. The summed E-state index contributed by atoms with van der Waals surface area (Å²) in [6.45, 7) is 11.7. The second-order valence-electron chi connectivity index (χ2n) is 3.75. The van der Waals surface area contributed by atoms with E-state index in [-0.39, 0.29) is 5.54 Å². The molecule has 1 nitrogen and oxygen atoms in total. The van der Waals surface area contributed by atoms with Crippen LogP contribution in [0, 0.1) is 0 Å². The van der Waals surface area contributed by atoms with Gasteiger partial charge in [0.15, 0.2) is 0 Å². The summed E-state index contributed by atoms with van der Waals surface area (Å²) in [5.74, 6) is 0. The van der Waals surface area contributed by atoms with Crippen LogP contribution >= 0.6 is 0 Å². The Morgan fingerprint density at radius 3 is 2.31 bits per heavy atom. The molecular weight excluding hydrogens is 241 g/mol. The molecule has 1 aliphatic heterocycles. The minimum absolute atomic E-state index is 0.220. The van der Waals surface area contributed by atoms with E-state index in [1.165, 1.54) is 0 Å². The van der Waals surface area contributed by atoms with Gasteiger partial charge in [-0.1, -0.05) is 0 Å². The van der Waals surface area contributed by atoms with Crippen LogP contribution in [0.5, 0.6) is 0 Å². The maximum atomic E-state index is 4.41. The molecule has 1 rings (SSSR count). The van der Waals surface area contributed by atoms with Gasteiger partial charge in [0.1, 0.15) is 0 Å². The van der Waals surface area contributed by atoms with Gasteiger partial charge in [-0.2, -0.15) is 0 Å². The molecule has 0 aromatic carbocycles. The summed E-state index contributed by atoms with van der Waals surface area (Å²) < 4.78 is 0. The van der Waals surface area contributed by atoms with Gasteiger partial charge < -0.3 is 0 Å². The molecule has 1 heterocycles. The van der Waals surface area contributed by atoms with Crippen molar-refractivity contribution < 1.29 is 15.3 Å². The fourth-order valence-electron chi connectivity index (χ4n) is 1.82. The number of nitrogens with zero attached hydrogens (tertiary/aromatic N) is 1. The molecule has 0 N–H and O–H groups in total. The first kappa shape index (κ1) is 12.9. The molecule has 1 aliphatic rings. The number of hydrogen-bond donors (Lipinski definition) is 0. The third-order valence-electron chi connectivity index (χ3n) is 2.60. The van der Waals surface area contributed by atoms with E-state index in [2.05, 4.69) is 39.9 Å². The maximum absolute atomic E-state index is 4.41. The molecule has 87 valence electrons. The molecule has 0 fully saturated rings. The molecule has 0 saturated carbocycles. The Hall–Kier alpha value is -1.12. The molecule has 2 heteroatoms. The van der Waals surface area contributed by atoms with Crippen LogP contribution in [0.25, 0.3) is 0 Å². The monoisotopic (exact) mass is 258 g/mol. The molecule has 0 amide bonds. The van der Waals surface area contributed by atoms with Crippen molar-refractivity contribution >= 4 is 4.96 Å². The third kappa shape index (κ3) is 2.51. The molecule has 0 spiro atoms. The van der Waals surface area contributed by atoms with Crippen molar-refractivity contribution in [3.8, 4) is 0 Å². The van der Waals surface area contributed by atoms with E-state index in [4.69, 9.17) is 0 Å². The second kappa shape index (κ2) is 5.82. The van der Waals surface area contributed by atoms with Gasteiger partial charge in [0.05, 0.1) is 0 Å². The van der Waals surface area contributed by atoms with Gasteiger partial charge in [-0.25, -0.2) is 0 Å².